The van der Waals surface area contributed by atoms with Gasteiger partial charge in [-0.25, -0.2) is 0 Å². The van der Waals surface area contributed by atoms with E-state index in [1.807, 2.05) is 13.0 Å². The SMILES string of the molecule is CCOc1cccc(/C=C(\C#N)C(=O)c2ccoc2C)c1OC. The maximum absolute atomic E-state index is 12.4. The van der Waals surface area contributed by atoms with Gasteiger partial charge in [-0.15, -0.1) is 0 Å². The second-order valence-electron chi connectivity index (χ2n) is 4.70. The first-order chi connectivity index (χ1) is 11.1. The monoisotopic (exact) mass is 311 g/mol. The molecule has 0 radical (unpaired) electrons. The number of methoxy groups -OCH3 is 1. The molecule has 0 N–H and O–H groups in total. The van der Waals surface area contributed by atoms with Gasteiger partial charge in [-0.05, 0) is 32.1 Å². The van der Waals surface area contributed by atoms with Crippen LogP contribution in [0.3, 0.4) is 0 Å². The van der Waals surface area contributed by atoms with E-state index >= 15 is 0 Å². The highest BCUT2D eigenvalue weighted by molar-refractivity contribution is 6.14. The molecule has 1 aromatic heterocycles. The van der Waals surface area contributed by atoms with Gasteiger partial charge in [0.05, 0.1) is 25.5 Å². The number of ketones is 1. The number of allylic oxidation sites excluding steroid dienone is 1. The van der Waals surface area contributed by atoms with Crippen molar-refractivity contribution >= 4 is 11.9 Å². The summed E-state index contributed by atoms with van der Waals surface area (Å²) in [4.78, 5) is 12.4. The molecular weight excluding hydrogens is 294 g/mol. The standard InChI is InChI=1S/C18H17NO4/c1-4-22-16-7-5-6-13(18(16)21-3)10-14(11-19)17(20)15-8-9-23-12(15)2/h5-10H,4H2,1-3H3/b14-10+. The number of para-hydroxylation sites is 1. The van der Waals surface area contributed by atoms with E-state index in [0.29, 0.717) is 35.0 Å². The van der Waals surface area contributed by atoms with E-state index in [-0.39, 0.29) is 11.4 Å². The number of furan rings is 1. The smallest absolute Gasteiger partial charge is 0.207 e. The lowest BCUT2D eigenvalue weighted by Gasteiger charge is -2.11. The van der Waals surface area contributed by atoms with E-state index in [1.54, 1.807) is 31.2 Å². The van der Waals surface area contributed by atoms with E-state index in [0.717, 1.165) is 0 Å². The Labute approximate surface area is 134 Å². The van der Waals surface area contributed by atoms with Crippen molar-refractivity contribution in [3.05, 3.63) is 53.0 Å². The fourth-order valence-corrected chi connectivity index (χ4v) is 2.20. The van der Waals surface area contributed by atoms with Gasteiger partial charge < -0.3 is 13.9 Å². The highest BCUT2D eigenvalue weighted by atomic mass is 16.5. The summed E-state index contributed by atoms with van der Waals surface area (Å²) in [7, 11) is 1.52. The quantitative estimate of drug-likeness (QED) is 0.461. The molecule has 1 aromatic carbocycles. The van der Waals surface area contributed by atoms with Crippen molar-refractivity contribution in [1.29, 1.82) is 5.26 Å². The number of hydrogen-bond acceptors (Lipinski definition) is 5. The highest BCUT2D eigenvalue weighted by Crippen LogP contribution is 2.32. The number of hydrogen-bond donors (Lipinski definition) is 0. The molecule has 2 aromatic rings. The van der Waals surface area contributed by atoms with Crippen LogP contribution < -0.4 is 9.47 Å². The van der Waals surface area contributed by atoms with Crippen LogP contribution in [0.25, 0.3) is 6.08 Å². The van der Waals surface area contributed by atoms with Gasteiger partial charge in [0.15, 0.2) is 11.5 Å². The molecule has 0 saturated heterocycles. The van der Waals surface area contributed by atoms with Crippen LogP contribution in [0.15, 0.2) is 40.5 Å². The zero-order valence-corrected chi connectivity index (χ0v) is 13.3. The van der Waals surface area contributed by atoms with Crippen LogP contribution >= 0.6 is 0 Å². The molecule has 5 heteroatoms. The van der Waals surface area contributed by atoms with E-state index in [9.17, 15) is 10.1 Å². The van der Waals surface area contributed by atoms with Crippen molar-refractivity contribution < 1.29 is 18.7 Å². The fraction of sp³-hybridized carbons (Fsp3) is 0.222. The Hall–Kier alpha value is -3.00. The molecule has 0 bridgehead atoms. The highest BCUT2D eigenvalue weighted by Gasteiger charge is 2.18. The van der Waals surface area contributed by atoms with E-state index < -0.39 is 0 Å². The Kier molecular flexibility index (Phi) is 5.21. The van der Waals surface area contributed by atoms with Crippen LogP contribution in [0, 0.1) is 18.3 Å². The van der Waals surface area contributed by atoms with Crippen molar-refractivity contribution in [2.75, 3.05) is 13.7 Å². The lowest BCUT2D eigenvalue weighted by Crippen LogP contribution is -2.03. The van der Waals surface area contributed by atoms with Gasteiger partial charge >= 0.3 is 0 Å². The Morgan fingerprint density at radius 2 is 2.17 bits per heavy atom. The van der Waals surface area contributed by atoms with Crippen LogP contribution in [-0.2, 0) is 0 Å². The maximum Gasteiger partial charge on any atom is 0.207 e. The molecule has 0 aliphatic carbocycles. The van der Waals surface area contributed by atoms with Crippen molar-refractivity contribution in [2.45, 2.75) is 13.8 Å². The first-order valence-corrected chi connectivity index (χ1v) is 7.12. The first kappa shape index (κ1) is 16.4. The number of carbonyl (C=O) groups excluding carboxylic acids is 1. The molecule has 0 amide bonds. The van der Waals surface area contributed by atoms with Crippen molar-refractivity contribution in [3.63, 3.8) is 0 Å². The number of Topliss-reactive ketones (excluding diaryl/α,β-unsaturated/α-hetero) is 1. The molecule has 0 fully saturated rings. The number of benzene rings is 1. The van der Waals surface area contributed by atoms with Gasteiger partial charge in [-0.2, -0.15) is 5.26 Å². The molecule has 118 valence electrons. The minimum absolute atomic E-state index is 0.00134. The minimum Gasteiger partial charge on any atom is -0.492 e. The lowest BCUT2D eigenvalue weighted by molar-refractivity contribution is 0.103. The van der Waals surface area contributed by atoms with Gasteiger partial charge in [0.1, 0.15) is 17.4 Å². The van der Waals surface area contributed by atoms with Crippen LogP contribution in [0.4, 0.5) is 0 Å². The Balaban J connectivity index is 2.47. The number of nitrogens with zero attached hydrogens (tertiary/aromatic N) is 1. The number of carbonyl (C=O) groups is 1. The summed E-state index contributed by atoms with van der Waals surface area (Å²) in [6.07, 6.45) is 2.92. The Morgan fingerprint density at radius 1 is 1.39 bits per heavy atom. The number of ether oxygens (including phenoxy) is 2. The summed E-state index contributed by atoms with van der Waals surface area (Å²) in [5.74, 6) is 1.14. The molecule has 0 atom stereocenters. The normalized spacial score (nSPS) is 11.0. The largest absolute Gasteiger partial charge is 0.492 e. The van der Waals surface area contributed by atoms with Crippen LogP contribution in [0.2, 0.25) is 0 Å². The molecule has 5 nitrogen and oxygen atoms in total. The zero-order chi connectivity index (χ0) is 16.8. The topological polar surface area (TPSA) is 72.5 Å². The molecule has 0 aliphatic rings. The van der Waals surface area contributed by atoms with E-state index in [1.165, 1.54) is 19.4 Å². The number of aryl methyl sites for hydroxylation is 1. The van der Waals surface area contributed by atoms with Crippen molar-refractivity contribution in [2.24, 2.45) is 0 Å². The Bertz CT molecular complexity index is 781. The van der Waals surface area contributed by atoms with E-state index in [4.69, 9.17) is 13.9 Å². The van der Waals surface area contributed by atoms with Crippen LogP contribution in [-0.4, -0.2) is 19.5 Å². The second kappa shape index (κ2) is 7.32. The third-order valence-electron chi connectivity index (χ3n) is 3.28. The summed E-state index contributed by atoms with van der Waals surface area (Å²) in [6.45, 7) is 4.04. The van der Waals surface area contributed by atoms with Crippen LogP contribution in [0.1, 0.15) is 28.6 Å². The van der Waals surface area contributed by atoms with Gasteiger partial charge in [0, 0.05) is 5.56 Å². The zero-order valence-electron chi connectivity index (χ0n) is 13.3. The summed E-state index contributed by atoms with van der Waals surface area (Å²) in [6, 6.07) is 8.80. The average molecular weight is 311 g/mol. The van der Waals surface area contributed by atoms with Crippen molar-refractivity contribution in [1.82, 2.24) is 0 Å². The average Bonchev–Trinajstić information content (AvgIpc) is 2.98. The molecular formula is C18H17NO4. The Morgan fingerprint density at radius 3 is 2.74 bits per heavy atom. The molecule has 0 spiro atoms. The second-order valence-corrected chi connectivity index (χ2v) is 4.70. The minimum atomic E-state index is -0.386. The lowest BCUT2D eigenvalue weighted by atomic mass is 10.0. The summed E-state index contributed by atoms with van der Waals surface area (Å²) < 4.78 is 16.0. The van der Waals surface area contributed by atoms with Gasteiger partial charge in [0.25, 0.3) is 0 Å². The molecule has 0 unspecified atom stereocenters. The third-order valence-corrected chi connectivity index (χ3v) is 3.28. The summed E-state index contributed by atoms with van der Waals surface area (Å²) in [5, 5.41) is 9.34. The third kappa shape index (κ3) is 3.43. The van der Waals surface area contributed by atoms with Crippen LogP contribution in [0.5, 0.6) is 11.5 Å². The van der Waals surface area contributed by atoms with Crippen molar-refractivity contribution in [3.8, 4) is 17.6 Å². The predicted molar refractivity (Wildman–Crippen MR) is 85.5 cm³/mol. The molecule has 0 saturated carbocycles. The predicted octanol–water partition coefficient (Wildman–Crippen LogP) is 3.79. The summed E-state index contributed by atoms with van der Waals surface area (Å²) in [5.41, 5.74) is 0.976. The maximum atomic E-state index is 12.4. The molecule has 23 heavy (non-hydrogen) atoms. The summed E-state index contributed by atoms with van der Waals surface area (Å²) >= 11 is 0. The van der Waals surface area contributed by atoms with Gasteiger partial charge in [-0.3, -0.25) is 4.79 Å². The molecule has 0 aliphatic heterocycles. The van der Waals surface area contributed by atoms with Gasteiger partial charge in [-0.1, -0.05) is 12.1 Å². The fourth-order valence-electron chi connectivity index (χ4n) is 2.20. The number of nitriles is 1. The molecule has 2 rings (SSSR count). The van der Waals surface area contributed by atoms with E-state index in [2.05, 4.69) is 0 Å². The van der Waals surface area contributed by atoms with Gasteiger partial charge in [0.2, 0.25) is 5.78 Å². The first-order valence-electron chi connectivity index (χ1n) is 7.12. The number of rotatable bonds is 6. The molecule has 1 heterocycles.